The Morgan fingerprint density at radius 3 is 2.32 bits per heavy atom. The summed E-state index contributed by atoms with van der Waals surface area (Å²) in [6.45, 7) is 3.65. The number of amides is 1. The van der Waals surface area contributed by atoms with Gasteiger partial charge in [-0.05, 0) is 40.7 Å². The predicted octanol–water partition coefficient (Wildman–Crippen LogP) is 5.70. The van der Waals surface area contributed by atoms with Gasteiger partial charge in [0.05, 0.1) is 12.2 Å². The van der Waals surface area contributed by atoms with Crippen LogP contribution < -0.4 is 5.73 Å². The molecule has 0 saturated carbocycles. The van der Waals surface area contributed by atoms with Gasteiger partial charge in [0.1, 0.15) is 24.4 Å². The molecule has 0 fully saturated rings. The van der Waals surface area contributed by atoms with Crippen molar-refractivity contribution in [3.63, 3.8) is 0 Å². The van der Waals surface area contributed by atoms with Crippen LogP contribution in [0.2, 0.25) is 0 Å². The molecular formula is C31H31F5N8O3. The van der Waals surface area contributed by atoms with Gasteiger partial charge >= 0.3 is 12.5 Å². The van der Waals surface area contributed by atoms with Crippen molar-refractivity contribution in [2.24, 2.45) is 16.1 Å². The summed E-state index contributed by atoms with van der Waals surface area (Å²) in [6, 6.07) is 9.01. The monoisotopic (exact) mass is 658 g/mol. The fourth-order valence-electron chi connectivity index (χ4n) is 5.61. The molecule has 2 aromatic carbocycles. The second kappa shape index (κ2) is 12.6. The maximum Gasteiger partial charge on any atom is 0.333 e. The summed E-state index contributed by atoms with van der Waals surface area (Å²) in [6.07, 6.45) is 0.522. The lowest BCUT2D eigenvalue weighted by Gasteiger charge is -2.34. The molecule has 47 heavy (non-hydrogen) atoms. The van der Waals surface area contributed by atoms with E-state index in [4.69, 9.17) is 10.5 Å². The van der Waals surface area contributed by atoms with E-state index in [-0.39, 0.29) is 23.6 Å². The third-order valence-electron chi connectivity index (χ3n) is 7.52. The van der Waals surface area contributed by atoms with Crippen LogP contribution in [-0.4, -0.2) is 53.9 Å². The normalized spacial score (nSPS) is 17.5. The van der Waals surface area contributed by atoms with Crippen molar-refractivity contribution in [3.05, 3.63) is 84.0 Å². The number of halogens is 5. The lowest BCUT2D eigenvalue weighted by atomic mass is 9.75. The topological polar surface area (TPSA) is 134 Å². The van der Waals surface area contributed by atoms with Gasteiger partial charge in [0.25, 0.3) is 12.3 Å². The Labute approximate surface area is 265 Å². The molecular weight excluding hydrogens is 627 g/mol. The number of aromatic nitrogens is 5. The van der Waals surface area contributed by atoms with Crippen molar-refractivity contribution in [2.45, 2.75) is 58.7 Å². The van der Waals surface area contributed by atoms with Crippen molar-refractivity contribution in [1.82, 2.24) is 29.4 Å². The van der Waals surface area contributed by atoms with Gasteiger partial charge in [0.2, 0.25) is 0 Å². The molecule has 4 aromatic rings. The van der Waals surface area contributed by atoms with Gasteiger partial charge in [-0.1, -0.05) is 51.1 Å². The summed E-state index contributed by atoms with van der Waals surface area (Å²) < 4.78 is 75.0. The second-order valence-electron chi connectivity index (χ2n) is 12.2. The van der Waals surface area contributed by atoms with E-state index < -0.39 is 60.1 Å². The molecule has 2 N–H and O–H groups in total. The molecule has 0 radical (unpaired) electrons. The Hall–Kier alpha value is -5.15. The van der Waals surface area contributed by atoms with Crippen LogP contribution in [0.15, 0.2) is 66.2 Å². The largest absolute Gasteiger partial charge is 0.463 e. The Balaban J connectivity index is 1.55. The average Bonchev–Trinajstić information content (AvgIpc) is 3.73. The minimum atomic E-state index is -3.02. The first kappa shape index (κ1) is 33.2. The Morgan fingerprint density at radius 2 is 1.74 bits per heavy atom. The number of benzene rings is 2. The Morgan fingerprint density at radius 1 is 1.04 bits per heavy atom. The predicted molar refractivity (Wildman–Crippen MR) is 159 cm³/mol. The van der Waals surface area contributed by atoms with Crippen molar-refractivity contribution >= 4 is 17.8 Å². The van der Waals surface area contributed by atoms with Gasteiger partial charge in [-0.2, -0.15) is 19.0 Å². The SMILES string of the molecule is CC(=O)OCC(c1ccc(-n2ncnc2C(F)F)c(F)c1)N1C(=O)[C@@](CC(C)(C)C)(c2ccc(-c3cnn(C(F)F)c3)cc2)N=C1N. The molecule has 0 saturated heterocycles. The van der Waals surface area contributed by atoms with Gasteiger partial charge in [-0.3, -0.25) is 14.5 Å². The van der Waals surface area contributed by atoms with E-state index in [0.29, 0.717) is 26.1 Å². The number of hydrogen-bond donors (Lipinski definition) is 1. The zero-order chi connectivity index (χ0) is 34.3. The van der Waals surface area contributed by atoms with E-state index in [1.807, 2.05) is 20.8 Å². The number of ether oxygens (including phenoxy) is 1. The molecule has 1 aliphatic rings. The molecule has 0 bridgehead atoms. The van der Waals surface area contributed by atoms with E-state index in [0.717, 1.165) is 24.2 Å². The molecule has 1 amide bonds. The molecule has 16 heteroatoms. The summed E-state index contributed by atoms with van der Waals surface area (Å²) in [5, 5.41) is 7.37. The highest BCUT2D eigenvalue weighted by Crippen LogP contribution is 2.45. The highest BCUT2D eigenvalue weighted by atomic mass is 19.3. The molecule has 0 aliphatic carbocycles. The number of esters is 1. The summed E-state index contributed by atoms with van der Waals surface area (Å²) in [7, 11) is 0. The van der Waals surface area contributed by atoms with E-state index >= 15 is 4.39 Å². The molecule has 3 heterocycles. The molecule has 2 atom stereocenters. The summed E-state index contributed by atoms with van der Waals surface area (Å²) in [4.78, 5) is 35.7. The van der Waals surface area contributed by atoms with Crippen molar-refractivity contribution in [1.29, 1.82) is 0 Å². The third kappa shape index (κ3) is 6.57. The van der Waals surface area contributed by atoms with Crippen LogP contribution >= 0.6 is 0 Å². The van der Waals surface area contributed by atoms with E-state index in [1.165, 1.54) is 24.5 Å². The fraction of sp³-hybridized carbons (Fsp3) is 0.355. The second-order valence-corrected chi connectivity index (χ2v) is 12.2. The van der Waals surface area contributed by atoms with Crippen molar-refractivity contribution in [2.75, 3.05) is 6.61 Å². The van der Waals surface area contributed by atoms with Gasteiger partial charge in [-0.15, -0.1) is 0 Å². The Kier molecular flexibility index (Phi) is 8.88. The highest BCUT2D eigenvalue weighted by Gasteiger charge is 2.53. The highest BCUT2D eigenvalue weighted by molar-refractivity contribution is 6.07. The molecule has 1 unspecified atom stereocenters. The number of hydrogen-bond acceptors (Lipinski definition) is 8. The number of carbonyl (C=O) groups is 2. The molecule has 5 rings (SSSR count). The smallest absolute Gasteiger partial charge is 0.333 e. The van der Waals surface area contributed by atoms with Gasteiger partial charge in [0, 0.05) is 18.7 Å². The summed E-state index contributed by atoms with van der Waals surface area (Å²) in [5.41, 5.74) is 5.66. The van der Waals surface area contributed by atoms with Crippen LogP contribution in [0.25, 0.3) is 16.8 Å². The minimum Gasteiger partial charge on any atom is -0.463 e. The van der Waals surface area contributed by atoms with E-state index in [9.17, 15) is 27.2 Å². The van der Waals surface area contributed by atoms with Crippen LogP contribution in [-0.2, 0) is 19.9 Å². The first-order valence-electron chi connectivity index (χ1n) is 14.3. The van der Waals surface area contributed by atoms with E-state index in [1.54, 1.807) is 24.3 Å². The first-order valence-corrected chi connectivity index (χ1v) is 14.3. The molecule has 0 spiro atoms. The van der Waals surface area contributed by atoms with Crippen molar-refractivity contribution < 1.29 is 36.3 Å². The number of aliphatic imine (C=N–C) groups is 1. The lowest BCUT2D eigenvalue weighted by Crippen LogP contribution is -2.47. The number of nitrogens with zero attached hydrogens (tertiary/aromatic N) is 7. The van der Waals surface area contributed by atoms with Gasteiger partial charge in [0.15, 0.2) is 17.3 Å². The standard InChI is InChI=1S/C31H31F5N8O3/c1-17(45)47-14-24(19-7-10-23(22(32)11-19)44-26(25(33)34)38-16-40-44)43-27(46)31(41-29(43)37,15-30(2,3)4)21-8-5-18(6-9-21)20-12-39-42(13-20)28(35)36/h5-13,16,24-25,28H,14-15H2,1-4H3,(H2,37,41)/t24?,31-/m1/s1. The first-order chi connectivity index (χ1) is 22.1. The zero-order valence-electron chi connectivity index (χ0n) is 25.7. The quantitative estimate of drug-likeness (QED) is 0.171. The molecule has 2 aromatic heterocycles. The number of rotatable bonds is 10. The van der Waals surface area contributed by atoms with Crippen LogP contribution in [0.5, 0.6) is 0 Å². The number of alkyl halides is 4. The van der Waals surface area contributed by atoms with Crippen LogP contribution in [0.1, 0.15) is 70.1 Å². The molecule has 1 aliphatic heterocycles. The lowest BCUT2D eigenvalue weighted by molar-refractivity contribution is -0.145. The van der Waals surface area contributed by atoms with E-state index in [2.05, 4.69) is 20.2 Å². The Bertz CT molecular complexity index is 1820. The zero-order valence-corrected chi connectivity index (χ0v) is 25.7. The number of guanidine groups is 1. The summed E-state index contributed by atoms with van der Waals surface area (Å²) in [5.74, 6) is -3.21. The maximum atomic E-state index is 15.5. The van der Waals surface area contributed by atoms with Crippen LogP contribution in [0.3, 0.4) is 0 Å². The number of nitrogens with two attached hydrogens (primary N) is 1. The number of carbonyl (C=O) groups excluding carboxylic acids is 2. The fourth-order valence-corrected chi connectivity index (χ4v) is 5.61. The van der Waals surface area contributed by atoms with Crippen LogP contribution in [0, 0.1) is 11.2 Å². The summed E-state index contributed by atoms with van der Waals surface area (Å²) >= 11 is 0. The molecule has 248 valence electrons. The van der Waals surface area contributed by atoms with Gasteiger partial charge < -0.3 is 10.5 Å². The minimum absolute atomic E-state index is 0.135. The maximum absolute atomic E-state index is 15.5. The average molecular weight is 659 g/mol. The van der Waals surface area contributed by atoms with Crippen LogP contribution in [0.4, 0.5) is 22.0 Å². The van der Waals surface area contributed by atoms with Crippen molar-refractivity contribution in [3.8, 4) is 16.8 Å². The third-order valence-corrected chi connectivity index (χ3v) is 7.52. The van der Waals surface area contributed by atoms with Gasteiger partial charge in [-0.25, -0.2) is 32.5 Å². The molecule has 11 nitrogen and oxygen atoms in total.